The molecule has 0 bridgehead atoms. The fraction of sp³-hybridized carbons (Fsp3) is 0.200. The van der Waals surface area contributed by atoms with E-state index in [2.05, 4.69) is 26.2 Å². The molecule has 0 saturated heterocycles. The Labute approximate surface area is 105 Å². The van der Waals surface area contributed by atoms with Crippen molar-refractivity contribution < 1.29 is 0 Å². The minimum absolute atomic E-state index is 0.156. The Hall–Kier alpha value is -0.910. The second kappa shape index (κ2) is 4.53. The first-order valence-corrected chi connectivity index (χ1v) is 5.81. The molecule has 0 fully saturated rings. The molecular formula is C10H9BrClN3O. The standard InChI is InChI=1S/C10H9BrClN3O/c1-13-5-15-9(16)8-6(11)3-2-4-7(8)14-10(15)12/h2-4,13H,5H2,1H3. The van der Waals surface area contributed by atoms with E-state index >= 15 is 0 Å². The summed E-state index contributed by atoms with van der Waals surface area (Å²) in [5.41, 5.74) is 0.438. The maximum atomic E-state index is 12.1. The number of hydrogen-bond donors (Lipinski definition) is 1. The van der Waals surface area contributed by atoms with E-state index in [9.17, 15) is 4.79 Å². The molecule has 0 saturated carbocycles. The lowest BCUT2D eigenvalue weighted by atomic mass is 10.2. The third-order valence-electron chi connectivity index (χ3n) is 2.20. The van der Waals surface area contributed by atoms with Crippen LogP contribution in [-0.4, -0.2) is 16.6 Å². The van der Waals surface area contributed by atoms with E-state index in [0.29, 0.717) is 17.6 Å². The van der Waals surface area contributed by atoms with Gasteiger partial charge in [0.25, 0.3) is 5.56 Å². The highest BCUT2D eigenvalue weighted by atomic mass is 79.9. The van der Waals surface area contributed by atoms with Crippen LogP contribution in [0.25, 0.3) is 10.9 Å². The van der Waals surface area contributed by atoms with Gasteiger partial charge in [0.2, 0.25) is 5.28 Å². The lowest BCUT2D eigenvalue weighted by molar-refractivity contribution is 0.594. The quantitative estimate of drug-likeness (QED) is 0.863. The van der Waals surface area contributed by atoms with Crippen molar-refractivity contribution in [3.05, 3.63) is 38.3 Å². The zero-order valence-electron chi connectivity index (χ0n) is 8.50. The maximum Gasteiger partial charge on any atom is 0.264 e. The van der Waals surface area contributed by atoms with Crippen molar-refractivity contribution in [1.29, 1.82) is 0 Å². The van der Waals surface area contributed by atoms with E-state index in [1.807, 2.05) is 12.1 Å². The summed E-state index contributed by atoms with van der Waals surface area (Å²) in [6.45, 7) is 0.335. The number of aromatic nitrogens is 2. The highest BCUT2D eigenvalue weighted by molar-refractivity contribution is 9.10. The number of nitrogens with zero attached hydrogens (tertiary/aromatic N) is 2. The molecule has 0 aliphatic carbocycles. The van der Waals surface area contributed by atoms with Gasteiger partial charge in [0.05, 0.1) is 17.6 Å². The van der Waals surface area contributed by atoms with Crippen LogP contribution in [0.15, 0.2) is 27.5 Å². The molecule has 0 aliphatic rings. The summed E-state index contributed by atoms with van der Waals surface area (Å²) >= 11 is 9.28. The van der Waals surface area contributed by atoms with Crippen molar-refractivity contribution in [2.75, 3.05) is 7.05 Å². The molecule has 2 rings (SSSR count). The van der Waals surface area contributed by atoms with Gasteiger partial charge in [-0.05, 0) is 46.7 Å². The van der Waals surface area contributed by atoms with Crippen LogP contribution < -0.4 is 10.9 Å². The van der Waals surface area contributed by atoms with Crippen molar-refractivity contribution in [3.8, 4) is 0 Å². The summed E-state index contributed by atoms with van der Waals surface area (Å²) in [5.74, 6) is 0. The van der Waals surface area contributed by atoms with Crippen LogP contribution in [0.4, 0.5) is 0 Å². The average molecular weight is 303 g/mol. The van der Waals surface area contributed by atoms with Gasteiger partial charge in [-0.15, -0.1) is 0 Å². The summed E-state index contributed by atoms with van der Waals surface area (Å²) in [6, 6.07) is 5.39. The number of nitrogens with one attached hydrogen (secondary N) is 1. The lowest BCUT2D eigenvalue weighted by Crippen LogP contribution is -2.27. The Morgan fingerprint density at radius 2 is 2.31 bits per heavy atom. The van der Waals surface area contributed by atoms with E-state index in [0.717, 1.165) is 4.47 Å². The van der Waals surface area contributed by atoms with Crippen LogP contribution in [-0.2, 0) is 6.67 Å². The Bertz CT molecular complexity index is 596. The van der Waals surface area contributed by atoms with Crippen LogP contribution in [0.5, 0.6) is 0 Å². The fourth-order valence-corrected chi connectivity index (χ4v) is 2.24. The van der Waals surface area contributed by atoms with Crippen molar-refractivity contribution in [2.45, 2.75) is 6.67 Å². The zero-order valence-corrected chi connectivity index (χ0v) is 10.8. The predicted molar refractivity (Wildman–Crippen MR) is 67.8 cm³/mol. The first-order valence-electron chi connectivity index (χ1n) is 4.64. The van der Waals surface area contributed by atoms with Crippen LogP contribution >= 0.6 is 27.5 Å². The smallest absolute Gasteiger partial charge is 0.264 e. The van der Waals surface area contributed by atoms with Gasteiger partial charge in [0, 0.05) is 4.47 Å². The summed E-state index contributed by atoms with van der Waals surface area (Å²) in [7, 11) is 1.74. The van der Waals surface area contributed by atoms with Gasteiger partial charge in [0.1, 0.15) is 0 Å². The van der Waals surface area contributed by atoms with Gasteiger partial charge in [-0.1, -0.05) is 6.07 Å². The van der Waals surface area contributed by atoms with E-state index in [-0.39, 0.29) is 10.8 Å². The monoisotopic (exact) mass is 301 g/mol. The molecule has 1 aromatic heterocycles. The molecule has 0 atom stereocenters. The molecule has 0 amide bonds. The van der Waals surface area contributed by atoms with Gasteiger partial charge >= 0.3 is 0 Å². The van der Waals surface area contributed by atoms with E-state index < -0.39 is 0 Å². The van der Waals surface area contributed by atoms with Gasteiger partial charge in [0.15, 0.2) is 0 Å². The number of hydrogen-bond acceptors (Lipinski definition) is 3. The second-order valence-electron chi connectivity index (χ2n) is 3.26. The Morgan fingerprint density at radius 3 is 3.00 bits per heavy atom. The molecule has 0 unspecified atom stereocenters. The third-order valence-corrected chi connectivity index (χ3v) is 3.15. The predicted octanol–water partition coefficient (Wildman–Crippen LogP) is 1.99. The first kappa shape index (κ1) is 11.6. The summed E-state index contributed by atoms with van der Waals surface area (Å²) in [6.07, 6.45) is 0. The molecule has 16 heavy (non-hydrogen) atoms. The summed E-state index contributed by atoms with van der Waals surface area (Å²) < 4.78 is 2.11. The maximum absolute atomic E-state index is 12.1. The summed E-state index contributed by atoms with van der Waals surface area (Å²) in [5, 5.41) is 3.60. The first-order chi connectivity index (χ1) is 7.65. The molecular weight excluding hydrogens is 293 g/mol. The van der Waals surface area contributed by atoms with Crippen LogP contribution in [0.1, 0.15) is 0 Å². The zero-order chi connectivity index (χ0) is 11.7. The minimum Gasteiger partial charge on any atom is -0.302 e. The highest BCUT2D eigenvalue weighted by Crippen LogP contribution is 2.20. The molecule has 1 N–H and O–H groups in total. The number of halogens is 2. The second-order valence-corrected chi connectivity index (χ2v) is 4.45. The normalized spacial score (nSPS) is 10.9. The fourth-order valence-electron chi connectivity index (χ4n) is 1.49. The van der Waals surface area contributed by atoms with Crippen LogP contribution in [0, 0.1) is 0 Å². The van der Waals surface area contributed by atoms with Gasteiger partial charge in [-0.3, -0.25) is 9.36 Å². The Kier molecular flexibility index (Phi) is 3.28. The van der Waals surface area contributed by atoms with Crippen LogP contribution in [0.3, 0.4) is 0 Å². The molecule has 0 radical (unpaired) electrons. The van der Waals surface area contributed by atoms with Gasteiger partial charge < -0.3 is 5.32 Å². The Balaban J connectivity index is 2.86. The summed E-state index contributed by atoms with van der Waals surface area (Å²) in [4.78, 5) is 16.3. The molecule has 0 aliphatic heterocycles. The third kappa shape index (κ3) is 1.86. The average Bonchev–Trinajstić information content (AvgIpc) is 2.24. The molecule has 0 spiro atoms. The molecule has 84 valence electrons. The minimum atomic E-state index is -0.156. The molecule has 2 aromatic rings. The lowest BCUT2D eigenvalue weighted by Gasteiger charge is -2.08. The van der Waals surface area contributed by atoms with Gasteiger partial charge in [-0.2, -0.15) is 0 Å². The number of benzene rings is 1. The number of fused-ring (bicyclic) bond motifs is 1. The SMILES string of the molecule is CNCn1c(Cl)nc2cccc(Br)c2c1=O. The molecule has 4 nitrogen and oxygen atoms in total. The molecule has 1 aromatic carbocycles. The van der Waals surface area contributed by atoms with Crippen molar-refractivity contribution in [2.24, 2.45) is 0 Å². The number of rotatable bonds is 2. The van der Waals surface area contributed by atoms with Crippen molar-refractivity contribution in [3.63, 3.8) is 0 Å². The molecule has 6 heteroatoms. The topological polar surface area (TPSA) is 46.9 Å². The van der Waals surface area contributed by atoms with E-state index in [4.69, 9.17) is 11.6 Å². The molecule has 1 heterocycles. The van der Waals surface area contributed by atoms with Gasteiger partial charge in [-0.25, -0.2) is 4.98 Å². The van der Waals surface area contributed by atoms with Crippen molar-refractivity contribution >= 4 is 38.4 Å². The highest BCUT2D eigenvalue weighted by Gasteiger charge is 2.10. The van der Waals surface area contributed by atoms with Crippen molar-refractivity contribution in [1.82, 2.24) is 14.9 Å². The Morgan fingerprint density at radius 1 is 1.56 bits per heavy atom. The largest absolute Gasteiger partial charge is 0.302 e. The van der Waals surface area contributed by atoms with Crippen LogP contribution in [0.2, 0.25) is 5.28 Å². The van der Waals surface area contributed by atoms with E-state index in [1.54, 1.807) is 13.1 Å². The van der Waals surface area contributed by atoms with E-state index in [1.165, 1.54) is 4.57 Å².